The molecule has 0 spiro atoms. The van der Waals surface area contributed by atoms with E-state index in [9.17, 15) is 0 Å². The highest BCUT2D eigenvalue weighted by atomic mass is 16.5. The Bertz CT molecular complexity index is 549. The first-order valence-corrected chi connectivity index (χ1v) is 6.33. The zero-order valence-electron chi connectivity index (χ0n) is 11.6. The van der Waals surface area contributed by atoms with E-state index in [-0.39, 0.29) is 6.04 Å². The summed E-state index contributed by atoms with van der Waals surface area (Å²) in [5.74, 6) is 6.59. The summed E-state index contributed by atoms with van der Waals surface area (Å²) in [6.45, 7) is 4.10. The van der Waals surface area contributed by atoms with Crippen molar-refractivity contribution in [3.05, 3.63) is 64.7 Å². The average molecular weight is 256 g/mol. The lowest BCUT2D eigenvalue weighted by Crippen LogP contribution is -2.28. The molecule has 3 N–H and O–H groups in total. The van der Waals surface area contributed by atoms with Gasteiger partial charge in [-0.2, -0.15) is 0 Å². The van der Waals surface area contributed by atoms with E-state index in [0.29, 0.717) is 0 Å². The number of ether oxygens (including phenoxy) is 1. The normalized spacial score (nSPS) is 12.2. The summed E-state index contributed by atoms with van der Waals surface area (Å²) >= 11 is 0. The standard InChI is InChI=1S/C16H20N2O/c1-11-4-7-13(8-5-11)16(18-17)14-9-6-12(2)15(10-14)19-3/h4-10,16,18H,17H2,1-3H3. The Hall–Kier alpha value is -1.84. The number of benzene rings is 2. The van der Waals surface area contributed by atoms with E-state index in [1.807, 2.05) is 19.1 Å². The van der Waals surface area contributed by atoms with Gasteiger partial charge in [0.25, 0.3) is 0 Å². The minimum absolute atomic E-state index is 0.0323. The minimum Gasteiger partial charge on any atom is -0.496 e. The fourth-order valence-corrected chi connectivity index (χ4v) is 2.16. The Morgan fingerprint density at radius 3 is 2.21 bits per heavy atom. The van der Waals surface area contributed by atoms with Crippen LogP contribution in [0.1, 0.15) is 28.3 Å². The van der Waals surface area contributed by atoms with Crippen molar-refractivity contribution in [3.8, 4) is 5.75 Å². The van der Waals surface area contributed by atoms with Gasteiger partial charge in [-0.05, 0) is 36.6 Å². The number of rotatable bonds is 4. The summed E-state index contributed by atoms with van der Waals surface area (Å²) in [6.07, 6.45) is 0. The first-order valence-electron chi connectivity index (χ1n) is 6.33. The maximum absolute atomic E-state index is 5.71. The molecule has 0 amide bonds. The molecule has 0 aliphatic rings. The molecule has 0 heterocycles. The smallest absolute Gasteiger partial charge is 0.122 e. The maximum atomic E-state index is 5.71. The van der Waals surface area contributed by atoms with Crippen molar-refractivity contribution in [3.63, 3.8) is 0 Å². The number of hydrogen-bond acceptors (Lipinski definition) is 3. The van der Waals surface area contributed by atoms with Crippen LogP contribution in [0.25, 0.3) is 0 Å². The lowest BCUT2D eigenvalue weighted by molar-refractivity contribution is 0.410. The number of hydrazine groups is 1. The quantitative estimate of drug-likeness (QED) is 0.653. The Kier molecular flexibility index (Phi) is 4.20. The van der Waals surface area contributed by atoms with Crippen LogP contribution in [0.15, 0.2) is 42.5 Å². The molecule has 1 atom stereocenters. The van der Waals surface area contributed by atoms with E-state index in [2.05, 4.69) is 42.7 Å². The molecule has 0 aromatic heterocycles. The lowest BCUT2D eigenvalue weighted by atomic mass is 9.97. The van der Waals surface area contributed by atoms with Crippen molar-refractivity contribution in [1.29, 1.82) is 0 Å². The van der Waals surface area contributed by atoms with Gasteiger partial charge in [-0.15, -0.1) is 0 Å². The van der Waals surface area contributed by atoms with Crippen LogP contribution in [0.5, 0.6) is 5.75 Å². The molecule has 0 saturated carbocycles. The molecular formula is C16H20N2O. The second kappa shape index (κ2) is 5.87. The highest BCUT2D eigenvalue weighted by molar-refractivity contribution is 5.41. The summed E-state index contributed by atoms with van der Waals surface area (Å²) in [5.41, 5.74) is 7.45. The molecule has 0 aliphatic heterocycles. The van der Waals surface area contributed by atoms with E-state index in [4.69, 9.17) is 10.6 Å². The number of hydrogen-bond donors (Lipinski definition) is 2. The zero-order valence-corrected chi connectivity index (χ0v) is 11.6. The van der Waals surface area contributed by atoms with Gasteiger partial charge in [0.15, 0.2) is 0 Å². The molecule has 2 aromatic rings. The van der Waals surface area contributed by atoms with Crippen molar-refractivity contribution in [2.75, 3.05) is 7.11 Å². The molecule has 2 rings (SSSR count). The molecule has 2 aromatic carbocycles. The third kappa shape index (κ3) is 2.95. The van der Waals surface area contributed by atoms with Gasteiger partial charge in [-0.25, -0.2) is 5.43 Å². The van der Waals surface area contributed by atoms with E-state index in [0.717, 1.165) is 22.4 Å². The molecule has 0 aliphatic carbocycles. The third-order valence-corrected chi connectivity index (χ3v) is 3.34. The van der Waals surface area contributed by atoms with Crippen LogP contribution in [-0.4, -0.2) is 7.11 Å². The second-order valence-electron chi connectivity index (χ2n) is 4.74. The minimum atomic E-state index is -0.0323. The van der Waals surface area contributed by atoms with Gasteiger partial charge in [0.2, 0.25) is 0 Å². The Morgan fingerprint density at radius 2 is 1.63 bits per heavy atom. The van der Waals surface area contributed by atoms with E-state index >= 15 is 0 Å². The van der Waals surface area contributed by atoms with Gasteiger partial charge in [0.05, 0.1) is 13.2 Å². The Morgan fingerprint density at radius 1 is 1.00 bits per heavy atom. The highest BCUT2D eigenvalue weighted by Crippen LogP contribution is 2.27. The van der Waals surface area contributed by atoms with Gasteiger partial charge in [-0.3, -0.25) is 5.84 Å². The fraction of sp³-hybridized carbons (Fsp3) is 0.250. The van der Waals surface area contributed by atoms with Crippen molar-refractivity contribution in [2.24, 2.45) is 5.84 Å². The van der Waals surface area contributed by atoms with E-state index < -0.39 is 0 Å². The molecule has 0 radical (unpaired) electrons. The first-order chi connectivity index (χ1) is 9.15. The van der Waals surface area contributed by atoms with Crippen LogP contribution < -0.4 is 16.0 Å². The molecule has 3 nitrogen and oxygen atoms in total. The molecule has 0 bridgehead atoms. The second-order valence-corrected chi connectivity index (χ2v) is 4.74. The highest BCUT2D eigenvalue weighted by Gasteiger charge is 2.13. The predicted molar refractivity (Wildman–Crippen MR) is 78.1 cm³/mol. The Labute approximate surface area is 114 Å². The SMILES string of the molecule is COc1cc(C(NN)c2ccc(C)cc2)ccc1C. The van der Waals surface area contributed by atoms with Gasteiger partial charge in [-0.1, -0.05) is 42.0 Å². The average Bonchev–Trinajstić information content (AvgIpc) is 2.43. The van der Waals surface area contributed by atoms with Crippen LogP contribution >= 0.6 is 0 Å². The van der Waals surface area contributed by atoms with Crippen molar-refractivity contribution in [1.82, 2.24) is 5.43 Å². The van der Waals surface area contributed by atoms with Gasteiger partial charge < -0.3 is 4.74 Å². The third-order valence-electron chi connectivity index (χ3n) is 3.34. The van der Waals surface area contributed by atoms with Crippen LogP contribution in [-0.2, 0) is 0 Å². The lowest BCUT2D eigenvalue weighted by Gasteiger charge is -2.18. The summed E-state index contributed by atoms with van der Waals surface area (Å²) in [7, 11) is 1.68. The van der Waals surface area contributed by atoms with Gasteiger partial charge in [0.1, 0.15) is 5.75 Å². The maximum Gasteiger partial charge on any atom is 0.122 e. The van der Waals surface area contributed by atoms with Gasteiger partial charge in [0, 0.05) is 0 Å². The topological polar surface area (TPSA) is 47.3 Å². The summed E-state index contributed by atoms with van der Waals surface area (Å²) in [6, 6.07) is 14.5. The molecular weight excluding hydrogens is 236 g/mol. The molecule has 19 heavy (non-hydrogen) atoms. The van der Waals surface area contributed by atoms with Crippen molar-refractivity contribution >= 4 is 0 Å². The molecule has 100 valence electrons. The largest absolute Gasteiger partial charge is 0.496 e. The van der Waals surface area contributed by atoms with Crippen LogP contribution in [0, 0.1) is 13.8 Å². The first kappa shape index (κ1) is 13.6. The molecule has 0 fully saturated rings. The Balaban J connectivity index is 2.39. The summed E-state index contributed by atoms with van der Waals surface area (Å²) in [4.78, 5) is 0. The monoisotopic (exact) mass is 256 g/mol. The summed E-state index contributed by atoms with van der Waals surface area (Å²) < 4.78 is 5.37. The van der Waals surface area contributed by atoms with Crippen molar-refractivity contribution < 1.29 is 4.74 Å². The van der Waals surface area contributed by atoms with Crippen LogP contribution in [0.3, 0.4) is 0 Å². The van der Waals surface area contributed by atoms with Crippen molar-refractivity contribution in [2.45, 2.75) is 19.9 Å². The summed E-state index contributed by atoms with van der Waals surface area (Å²) in [5, 5.41) is 0. The molecule has 1 unspecified atom stereocenters. The molecule has 0 saturated heterocycles. The van der Waals surface area contributed by atoms with Crippen LogP contribution in [0.4, 0.5) is 0 Å². The predicted octanol–water partition coefficient (Wildman–Crippen LogP) is 2.86. The fourth-order valence-electron chi connectivity index (χ4n) is 2.16. The van der Waals surface area contributed by atoms with E-state index in [1.165, 1.54) is 5.56 Å². The van der Waals surface area contributed by atoms with E-state index in [1.54, 1.807) is 7.11 Å². The number of aryl methyl sites for hydroxylation is 2. The number of nitrogens with two attached hydrogens (primary N) is 1. The van der Waals surface area contributed by atoms with Crippen LogP contribution in [0.2, 0.25) is 0 Å². The van der Waals surface area contributed by atoms with Gasteiger partial charge >= 0.3 is 0 Å². The zero-order chi connectivity index (χ0) is 13.8. The molecule has 3 heteroatoms. The number of methoxy groups -OCH3 is 1. The number of nitrogens with one attached hydrogen (secondary N) is 1.